The van der Waals surface area contributed by atoms with Crippen molar-refractivity contribution in [2.24, 2.45) is 0 Å². The van der Waals surface area contributed by atoms with Crippen LogP contribution in [0.1, 0.15) is 11.1 Å². The lowest BCUT2D eigenvalue weighted by Crippen LogP contribution is -2.11. The summed E-state index contributed by atoms with van der Waals surface area (Å²) in [6.07, 6.45) is 1.95. The number of hydrogen-bond donors (Lipinski definition) is 1. The maximum atomic E-state index is 11.3. The van der Waals surface area contributed by atoms with Crippen LogP contribution >= 0.6 is 0 Å². The highest BCUT2D eigenvalue weighted by Crippen LogP contribution is 2.35. The van der Waals surface area contributed by atoms with E-state index >= 15 is 0 Å². The van der Waals surface area contributed by atoms with Gasteiger partial charge in [-0.25, -0.2) is 0 Å². The third kappa shape index (κ3) is 4.25. The van der Waals surface area contributed by atoms with Gasteiger partial charge in [-0.05, 0) is 41.5 Å². The Bertz CT molecular complexity index is 1260. The Morgan fingerprint density at radius 1 is 1.00 bits per heavy atom. The summed E-state index contributed by atoms with van der Waals surface area (Å²) in [5, 5.41) is 10.3. The Labute approximate surface area is 187 Å². The first-order valence-electron chi connectivity index (χ1n) is 10.3. The van der Waals surface area contributed by atoms with Crippen molar-refractivity contribution in [3.63, 3.8) is 0 Å². The molecule has 0 atom stereocenters. The number of aromatic nitrogens is 1. The molecule has 0 bridgehead atoms. The number of para-hydroxylation sites is 1. The minimum Gasteiger partial charge on any atom is -0.497 e. The lowest BCUT2D eigenvalue weighted by Gasteiger charge is -2.23. The van der Waals surface area contributed by atoms with Crippen molar-refractivity contribution in [3.05, 3.63) is 84.1 Å². The molecule has 1 heterocycles. The average Bonchev–Trinajstić information content (AvgIpc) is 3.14. The number of aliphatic carboxylic acids is 1. The van der Waals surface area contributed by atoms with Crippen LogP contribution in [-0.2, 0) is 17.8 Å². The van der Waals surface area contributed by atoms with Gasteiger partial charge in [0.2, 0.25) is 0 Å². The van der Waals surface area contributed by atoms with Crippen molar-refractivity contribution in [1.29, 1.82) is 0 Å². The first-order valence-corrected chi connectivity index (χ1v) is 10.3. The molecule has 6 heteroatoms. The van der Waals surface area contributed by atoms with Crippen LogP contribution in [0.3, 0.4) is 0 Å². The van der Waals surface area contributed by atoms with E-state index in [0.29, 0.717) is 6.54 Å². The molecule has 4 rings (SSSR count). The van der Waals surface area contributed by atoms with E-state index in [1.165, 1.54) is 0 Å². The fourth-order valence-corrected chi connectivity index (χ4v) is 4.02. The highest BCUT2D eigenvalue weighted by atomic mass is 16.5. The van der Waals surface area contributed by atoms with Gasteiger partial charge in [0.15, 0.2) is 0 Å². The summed E-state index contributed by atoms with van der Waals surface area (Å²) in [4.78, 5) is 13.4. The molecule has 3 aromatic carbocycles. The van der Waals surface area contributed by atoms with Gasteiger partial charge in [0.25, 0.3) is 0 Å². The molecule has 164 valence electrons. The number of fused-ring (bicyclic) bond motifs is 1. The molecule has 0 aliphatic rings. The quantitative estimate of drug-likeness (QED) is 0.421. The first kappa shape index (κ1) is 21.3. The SMILES string of the molecule is COc1ccc(N(C)c2cccc(Cn3cc(CC(=O)O)c4ccccc43)c2)c(OC)c1. The number of ether oxygens (including phenoxy) is 2. The van der Waals surface area contributed by atoms with Crippen molar-refractivity contribution in [3.8, 4) is 11.5 Å². The summed E-state index contributed by atoms with van der Waals surface area (Å²) in [5.74, 6) is 0.640. The fourth-order valence-electron chi connectivity index (χ4n) is 4.02. The molecule has 0 saturated heterocycles. The van der Waals surface area contributed by atoms with Gasteiger partial charge in [-0.3, -0.25) is 4.79 Å². The highest BCUT2D eigenvalue weighted by Gasteiger charge is 2.14. The van der Waals surface area contributed by atoms with Gasteiger partial charge in [-0.1, -0.05) is 30.3 Å². The van der Waals surface area contributed by atoms with E-state index in [0.717, 1.165) is 44.9 Å². The number of carboxylic acids is 1. The third-order valence-electron chi connectivity index (χ3n) is 5.61. The number of carboxylic acid groups (broad SMARTS) is 1. The molecular weight excluding hydrogens is 404 g/mol. The molecule has 6 nitrogen and oxygen atoms in total. The molecule has 1 aromatic heterocycles. The monoisotopic (exact) mass is 430 g/mol. The lowest BCUT2D eigenvalue weighted by molar-refractivity contribution is -0.136. The van der Waals surface area contributed by atoms with E-state index in [1.807, 2.05) is 61.8 Å². The van der Waals surface area contributed by atoms with Gasteiger partial charge < -0.3 is 24.0 Å². The second-order valence-electron chi connectivity index (χ2n) is 7.64. The predicted octanol–water partition coefficient (Wildman–Crippen LogP) is 5.10. The molecule has 0 spiro atoms. The van der Waals surface area contributed by atoms with Gasteiger partial charge >= 0.3 is 5.97 Å². The van der Waals surface area contributed by atoms with Crippen LogP contribution in [0.25, 0.3) is 10.9 Å². The van der Waals surface area contributed by atoms with E-state index in [-0.39, 0.29) is 6.42 Å². The van der Waals surface area contributed by atoms with Crippen LogP contribution in [0.15, 0.2) is 72.9 Å². The first-order chi connectivity index (χ1) is 15.5. The number of nitrogens with zero attached hydrogens (tertiary/aromatic N) is 2. The van der Waals surface area contributed by atoms with Gasteiger partial charge in [0.1, 0.15) is 11.5 Å². The largest absolute Gasteiger partial charge is 0.497 e. The van der Waals surface area contributed by atoms with Crippen LogP contribution in [-0.4, -0.2) is 36.9 Å². The topological polar surface area (TPSA) is 63.9 Å². The van der Waals surface area contributed by atoms with Gasteiger partial charge in [0.05, 0.1) is 26.3 Å². The summed E-state index contributed by atoms with van der Waals surface area (Å²) < 4.78 is 13.0. The third-order valence-corrected chi connectivity index (χ3v) is 5.61. The minimum atomic E-state index is -0.829. The summed E-state index contributed by atoms with van der Waals surface area (Å²) in [7, 11) is 5.28. The molecule has 0 aliphatic heterocycles. The van der Waals surface area contributed by atoms with E-state index in [9.17, 15) is 9.90 Å². The fraction of sp³-hybridized carbons (Fsp3) is 0.192. The number of hydrogen-bond acceptors (Lipinski definition) is 4. The van der Waals surface area contributed by atoms with Gasteiger partial charge in [-0.15, -0.1) is 0 Å². The zero-order chi connectivity index (χ0) is 22.7. The standard InChI is InChI=1S/C26H26N2O4/c1-27(24-12-11-21(31-2)15-25(24)32-3)20-8-6-7-18(13-20)16-28-17-19(14-26(29)30)22-9-4-5-10-23(22)28/h4-13,15,17H,14,16H2,1-3H3,(H,29,30). The minimum absolute atomic E-state index is 0.00750. The average molecular weight is 431 g/mol. The molecular formula is C26H26N2O4. The molecule has 0 amide bonds. The second-order valence-corrected chi connectivity index (χ2v) is 7.64. The van der Waals surface area contributed by atoms with E-state index in [1.54, 1.807) is 14.2 Å². The van der Waals surface area contributed by atoms with Crippen LogP contribution in [0.4, 0.5) is 11.4 Å². The van der Waals surface area contributed by atoms with E-state index in [4.69, 9.17) is 9.47 Å². The molecule has 0 radical (unpaired) electrons. The van der Waals surface area contributed by atoms with Crippen molar-refractivity contribution in [1.82, 2.24) is 4.57 Å². The lowest BCUT2D eigenvalue weighted by atomic mass is 10.1. The van der Waals surface area contributed by atoms with Crippen LogP contribution in [0.2, 0.25) is 0 Å². The zero-order valence-electron chi connectivity index (χ0n) is 18.4. The molecule has 4 aromatic rings. The number of rotatable bonds is 8. The number of methoxy groups -OCH3 is 2. The van der Waals surface area contributed by atoms with Crippen molar-refractivity contribution < 1.29 is 19.4 Å². The summed E-state index contributed by atoms with van der Waals surface area (Å²) in [6, 6.07) is 22.0. The predicted molar refractivity (Wildman–Crippen MR) is 126 cm³/mol. The van der Waals surface area contributed by atoms with Crippen molar-refractivity contribution >= 4 is 28.2 Å². The Balaban J connectivity index is 1.65. The smallest absolute Gasteiger partial charge is 0.307 e. The zero-order valence-corrected chi connectivity index (χ0v) is 18.4. The Kier molecular flexibility index (Phi) is 6.03. The normalized spacial score (nSPS) is 10.8. The molecule has 1 N–H and O–H groups in total. The molecule has 0 fully saturated rings. The maximum absolute atomic E-state index is 11.3. The summed E-state index contributed by atoms with van der Waals surface area (Å²) in [6.45, 7) is 0.640. The van der Waals surface area contributed by atoms with Gasteiger partial charge in [0, 0.05) is 42.4 Å². The van der Waals surface area contributed by atoms with Crippen LogP contribution in [0.5, 0.6) is 11.5 Å². The second kappa shape index (κ2) is 9.06. The highest BCUT2D eigenvalue weighted by molar-refractivity contribution is 5.87. The number of anilines is 2. The van der Waals surface area contributed by atoms with E-state index < -0.39 is 5.97 Å². The van der Waals surface area contributed by atoms with Crippen molar-refractivity contribution in [2.75, 3.05) is 26.2 Å². The summed E-state index contributed by atoms with van der Waals surface area (Å²) in [5.41, 5.74) is 4.92. The molecule has 32 heavy (non-hydrogen) atoms. The molecule has 0 unspecified atom stereocenters. The van der Waals surface area contributed by atoms with Crippen molar-refractivity contribution in [2.45, 2.75) is 13.0 Å². The Morgan fingerprint density at radius 2 is 1.81 bits per heavy atom. The number of carbonyl (C=O) groups is 1. The van der Waals surface area contributed by atoms with Gasteiger partial charge in [-0.2, -0.15) is 0 Å². The Hall–Kier alpha value is -3.93. The Morgan fingerprint density at radius 3 is 2.56 bits per heavy atom. The van der Waals surface area contributed by atoms with Crippen LogP contribution < -0.4 is 14.4 Å². The number of benzene rings is 3. The van der Waals surface area contributed by atoms with E-state index in [2.05, 4.69) is 27.7 Å². The van der Waals surface area contributed by atoms with Crippen LogP contribution in [0, 0.1) is 0 Å². The summed E-state index contributed by atoms with van der Waals surface area (Å²) >= 11 is 0. The maximum Gasteiger partial charge on any atom is 0.307 e. The molecule has 0 aliphatic carbocycles. The molecule has 0 saturated carbocycles.